The first-order chi connectivity index (χ1) is 11.0. The van der Waals surface area contributed by atoms with Crippen molar-refractivity contribution in [2.24, 2.45) is 5.10 Å². The van der Waals surface area contributed by atoms with Gasteiger partial charge in [0.05, 0.1) is 11.1 Å². The highest BCUT2D eigenvalue weighted by atomic mass is 32.1. The standard InChI is InChI=1S/C15H15N3O4S/c1-10-3-6-14(13(7-10)18(20)21)22-9-15(19)17-16-8-12-5-4-11(2)23-12/h3-8H,9H2,1-2H3,(H,17,19). The summed E-state index contributed by atoms with van der Waals surface area (Å²) in [6.07, 6.45) is 1.53. The number of hydrogen-bond donors (Lipinski definition) is 1. The van der Waals surface area contributed by atoms with Crippen molar-refractivity contribution in [3.8, 4) is 5.75 Å². The second-order valence-electron chi connectivity index (χ2n) is 4.76. The van der Waals surface area contributed by atoms with Crippen LogP contribution in [-0.4, -0.2) is 23.7 Å². The summed E-state index contributed by atoms with van der Waals surface area (Å²) in [5.41, 5.74) is 2.88. The smallest absolute Gasteiger partial charge is 0.311 e. The average Bonchev–Trinajstić information content (AvgIpc) is 2.91. The molecular weight excluding hydrogens is 318 g/mol. The monoisotopic (exact) mass is 333 g/mol. The summed E-state index contributed by atoms with van der Waals surface area (Å²) in [5.74, 6) is -0.446. The molecule has 1 heterocycles. The first kappa shape index (κ1) is 16.6. The Morgan fingerprint density at radius 2 is 2.17 bits per heavy atom. The lowest BCUT2D eigenvalue weighted by Gasteiger charge is -2.06. The minimum Gasteiger partial charge on any atom is -0.477 e. The van der Waals surface area contributed by atoms with Gasteiger partial charge in [-0.3, -0.25) is 14.9 Å². The van der Waals surface area contributed by atoms with Gasteiger partial charge in [-0.05, 0) is 37.6 Å². The van der Waals surface area contributed by atoms with E-state index in [4.69, 9.17) is 4.74 Å². The molecule has 1 N–H and O–H groups in total. The molecule has 1 aromatic heterocycles. The molecule has 0 atom stereocenters. The van der Waals surface area contributed by atoms with Crippen LogP contribution in [0.2, 0.25) is 0 Å². The van der Waals surface area contributed by atoms with E-state index >= 15 is 0 Å². The molecule has 0 spiro atoms. The van der Waals surface area contributed by atoms with Crippen LogP contribution in [0.3, 0.4) is 0 Å². The van der Waals surface area contributed by atoms with Gasteiger partial charge in [0, 0.05) is 15.8 Å². The highest BCUT2D eigenvalue weighted by Gasteiger charge is 2.16. The van der Waals surface area contributed by atoms with Crippen molar-refractivity contribution in [2.45, 2.75) is 13.8 Å². The average molecular weight is 333 g/mol. The maximum absolute atomic E-state index is 11.6. The number of hydrogen-bond acceptors (Lipinski definition) is 6. The number of carbonyl (C=O) groups excluding carboxylic acids is 1. The zero-order valence-corrected chi connectivity index (χ0v) is 13.4. The normalized spacial score (nSPS) is 10.7. The predicted octanol–water partition coefficient (Wildman–Crippen LogP) is 2.80. The van der Waals surface area contributed by atoms with Crippen molar-refractivity contribution in [1.29, 1.82) is 0 Å². The fraction of sp³-hybridized carbons (Fsp3) is 0.200. The van der Waals surface area contributed by atoms with E-state index < -0.39 is 10.8 Å². The summed E-state index contributed by atoms with van der Waals surface area (Å²) < 4.78 is 5.20. The Morgan fingerprint density at radius 1 is 1.39 bits per heavy atom. The molecule has 0 aliphatic heterocycles. The lowest BCUT2D eigenvalue weighted by atomic mass is 10.2. The van der Waals surface area contributed by atoms with Gasteiger partial charge in [0.15, 0.2) is 12.4 Å². The maximum atomic E-state index is 11.6. The minimum atomic E-state index is -0.544. The number of nitro benzene ring substituents is 1. The molecular formula is C15H15N3O4S. The summed E-state index contributed by atoms with van der Waals surface area (Å²) in [6.45, 7) is 3.36. The second kappa shape index (κ2) is 7.50. The fourth-order valence-corrected chi connectivity index (χ4v) is 2.51. The molecule has 120 valence electrons. The molecule has 0 bridgehead atoms. The number of ether oxygens (including phenoxy) is 1. The van der Waals surface area contributed by atoms with Crippen molar-refractivity contribution >= 4 is 29.1 Å². The van der Waals surface area contributed by atoms with Crippen molar-refractivity contribution < 1.29 is 14.5 Å². The zero-order valence-electron chi connectivity index (χ0n) is 12.6. The molecule has 0 aliphatic carbocycles. The van der Waals surface area contributed by atoms with Crippen LogP contribution in [0.5, 0.6) is 5.75 Å². The number of thiophene rings is 1. The third-order valence-electron chi connectivity index (χ3n) is 2.81. The number of nitrogens with one attached hydrogen (secondary N) is 1. The highest BCUT2D eigenvalue weighted by molar-refractivity contribution is 7.13. The van der Waals surface area contributed by atoms with E-state index in [-0.39, 0.29) is 18.0 Å². The molecule has 2 aromatic rings. The van der Waals surface area contributed by atoms with Crippen LogP contribution in [0.15, 0.2) is 35.4 Å². The second-order valence-corrected chi connectivity index (χ2v) is 6.08. The zero-order chi connectivity index (χ0) is 16.8. The predicted molar refractivity (Wildman–Crippen MR) is 88.1 cm³/mol. The molecule has 8 heteroatoms. The van der Waals surface area contributed by atoms with Crippen LogP contribution in [-0.2, 0) is 4.79 Å². The van der Waals surface area contributed by atoms with Crippen LogP contribution < -0.4 is 10.2 Å². The van der Waals surface area contributed by atoms with Crippen molar-refractivity contribution in [2.75, 3.05) is 6.61 Å². The van der Waals surface area contributed by atoms with Gasteiger partial charge in [-0.25, -0.2) is 5.43 Å². The van der Waals surface area contributed by atoms with E-state index in [2.05, 4.69) is 10.5 Å². The van der Waals surface area contributed by atoms with Gasteiger partial charge in [0.2, 0.25) is 0 Å². The minimum absolute atomic E-state index is 0.0496. The number of carbonyl (C=O) groups is 1. The molecule has 0 unspecified atom stereocenters. The van der Waals surface area contributed by atoms with Gasteiger partial charge in [0.1, 0.15) is 0 Å². The summed E-state index contributed by atoms with van der Waals surface area (Å²) in [4.78, 5) is 24.1. The van der Waals surface area contributed by atoms with Crippen LogP contribution in [0.25, 0.3) is 0 Å². The van der Waals surface area contributed by atoms with Gasteiger partial charge in [-0.1, -0.05) is 6.07 Å². The van der Waals surface area contributed by atoms with E-state index in [1.54, 1.807) is 24.3 Å². The molecule has 0 saturated heterocycles. The molecule has 2 rings (SSSR count). The Balaban J connectivity index is 1.89. The van der Waals surface area contributed by atoms with Gasteiger partial charge in [0.25, 0.3) is 5.91 Å². The Morgan fingerprint density at radius 3 is 2.83 bits per heavy atom. The summed E-state index contributed by atoms with van der Waals surface area (Å²) in [6, 6.07) is 8.38. The molecule has 0 aliphatic rings. The first-order valence-electron chi connectivity index (χ1n) is 6.72. The van der Waals surface area contributed by atoms with Crippen molar-refractivity contribution in [1.82, 2.24) is 5.43 Å². The number of rotatable bonds is 6. The number of hydrazone groups is 1. The summed E-state index contributed by atoms with van der Waals surface area (Å²) >= 11 is 1.55. The lowest BCUT2D eigenvalue weighted by molar-refractivity contribution is -0.385. The molecule has 1 amide bonds. The molecule has 0 fully saturated rings. The van der Waals surface area contributed by atoms with E-state index in [1.807, 2.05) is 19.1 Å². The highest BCUT2D eigenvalue weighted by Crippen LogP contribution is 2.27. The summed E-state index contributed by atoms with van der Waals surface area (Å²) in [5, 5.41) is 14.8. The first-order valence-corrected chi connectivity index (χ1v) is 7.53. The Kier molecular flexibility index (Phi) is 5.42. The van der Waals surface area contributed by atoms with Crippen LogP contribution in [0.4, 0.5) is 5.69 Å². The Labute approximate surface area is 136 Å². The topological polar surface area (TPSA) is 93.8 Å². The van der Waals surface area contributed by atoms with Crippen LogP contribution in [0.1, 0.15) is 15.3 Å². The summed E-state index contributed by atoms with van der Waals surface area (Å²) in [7, 11) is 0. The van der Waals surface area contributed by atoms with E-state index in [1.165, 1.54) is 18.3 Å². The molecule has 1 aromatic carbocycles. The fourth-order valence-electron chi connectivity index (χ4n) is 1.76. The molecule has 23 heavy (non-hydrogen) atoms. The van der Waals surface area contributed by atoms with Crippen LogP contribution >= 0.6 is 11.3 Å². The van der Waals surface area contributed by atoms with Crippen molar-refractivity contribution in [3.63, 3.8) is 0 Å². The van der Waals surface area contributed by atoms with Crippen LogP contribution in [0, 0.1) is 24.0 Å². The van der Waals surface area contributed by atoms with E-state index in [9.17, 15) is 14.9 Å². The number of benzene rings is 1. The lowest BCUT2D eigenvalue weighted by Crippen LogP contribution is -2.24. The number of nitrogens with zero attached hydrogens (tertiary/aromatic N) is 2. The Bertz CT molecular complexity index is 755. The quantitative estimate of drug-likeness (QED) is 0.499. The molecule has 0 radical (unpaired) electrons. The molecule has 7 nitrogen and oxygen atoms in total. The Hall–Kier alpha value is -2.74. The SMILES string of the molecule is Cc1ccc(OCC(=O)NN=Cc2ccc(C)s2)c([N+](=O)[O-])c1. The van der Waals surface area contributed by atoms with Crippen molar-refractivity contribution in [3.05, 3.63) is 55.8 Å². The number of nitro groups is 1. The molecule has 0 saturated carbocycles. The number of amides is 1. The third-order valence-corrected chi connectivity index (χ3v) is 3.75. The van der Waals surface area contributed by atoms with Gasteiger partial charge >= 0.3 is 5.69 Å². The largest absolute Gasteiger partial charge is 0.477 e. The maximum Gasteiger partial charge on any atom is 0.311 e. The van der Waals surface area contributed by atoms with E-state index in [0.29, 0.717) is 0 Å². The van der Waals surface area contributed by atoms with E-state index in [0.717, 1.165) is 15.3 Å². The number of aryl methyl sites for hydroxylation is 2. The third kappa shape index (κ3) is 4.89. The van der Waals surface area contributed by atoms with Gasteiger partial charge in [-0.2, -0.15) is 5.10 Å². The van der Waals surface area contributed by atoms with Gasteiger partial charge < -0.3 is 4.74 Å². The van der Waals surface area contributed by atoms with Gasteiger partial charge in [-0.15, -0.1) is 11.3 Å².